The van der Waals surface area contributed by atoms with Crippen molar-refractivity contribution >= 4 is 40.1 Å². The molecule has 0 radical (unpaired) electrons. The number of alkyl halides is 1. The molecule has 1 unspecified atom stereocenters. The highest BCUT2D eigenvalue weighted by Gasteiger charge is 2.38. The Labute approximate surface area is 177 Å². The first-order valence-electron chi connectivity index (χ1n) is 9.43. The molecule has 0 saturated carbocycles. The maximum Gasteiger partial charge on any atom is 0.414 e. The van der Waals surface area contributed by atoms with E-state index in [9.17, 15) is 9.59 Å². The lowest BCUT2D eigenvalue weighted by atomic mass is 9.92. The Hall–Kier alpha value is -2.47. The summed E-state index contributed by atoms with van der Waals surface area (Å²) in [5.74, 6) is 0.538. The molecule has 2 aliphatic heterocycles. The second-order valence-corrected chi connectivity index (χ2v) is 7.82. The van der Waals surface area contributed by atoms with Crippen molar-refractivity contribution < 1.29 is 19.2 Å². The first-order valence-corrected chi connectivity index (χ1v) is 9.97. The fraction of sp³-hybridized carbons (Fsp3) is 0.455. The van der Waals surface area contributed by atoms with Crippen LogP contribution in [0.25, 0.3) is 10.8 Å². The molecular weight excluding hydrogens is 392 g/mol. The van der Waals surface area contributed by atoms with Crippen LogP contribution in [-0.4, -0.2) is 30.0 Å². The van der Waals surface area contributed by atoms with Crippen LogP contribution in [0.4, 0.5) is 10.5 Å². The molecule has 0 aromatic heterocycles. The minimum absolute atomic E-state index is 0. The maximum absolute atomic E-state index is 12.7. The average molecular weight is 421 g/mol. The summed E-state index contributed by atoms with van der Waals surface area (Å²) in [6, 6.07) is 7.29. The van der Waals surface area contributed by atoms with Crippen molar-refractivity contribution in [3.05, 3.63) is 35.4 Å². The van der Waals surface area contributed by atoms with Gasteiger partial charge in [-0.3, -0.25) is 9.69 Å². The molecule has 0 spiro atoms. The first-order chi connectivity index (χ1) is 13.3. The number of hydroxylamine groups is 1. The molecule has 2 heterocycles. The lowest BCUT2D eigenvalue weighted by molar-refractivity contribution is 0.0581. The Balaban J connectivity index is 0.000000970. The predicted octanol–water partition coefficient (Wildman–Crippen LogP) is 5.62. The zero-order valence-electron chi connectivity index (χ0n) is 16.8. The molecule has 0 fully saturated rings. The van der Waals surface area contributed by atoms with Gasteiger partial charge < -0.3 is 9.57 Å². The number of benzene rings is 2. The first kappa shape index (κ1) is 22.8. The van der Waals surface area contributed by atoms with Crippen LogP contribution in [0, 0.1) is 0 Å². The zero-order valence-corrected chi connectivity index (χ0v) is 17.5. The maximum atomic E-state index is 12.7. The lowest BCUT2D eigenvalue weighted by Crippen LogP contribution is -2.36. The molecule has 0 saturated heterocycles. The molecule has 2 amide bonds. The van der Waals surface area contributed by atoms with Crippen molar-refractivity contribution in [3.8, 4) is 5.75 Å². The van der Waals surface area contributed by atoms with E-state index in [1.807, 2.05) is 46.8 Å². The van der Waals surface area contributed by atoms with Gasteiger partial charge in [0, 0.05) is 29.8 Å². The van der Waals surface area contributed by atoms with E-state index in [4.69, 9.17) is 21.2 Å². The van der Waals surface area contributed by atoms with Crippen LogP contribution in [0.3, 0.4) is 0 Å². The Kier molecular flexibility index (Phi) is 6.68. The number of hydrogen-bond acceptors (Lipinski definition) is 4. The monoisotopic (exact) mass is 420 g/mol. The fourth-order valence-corrected chi connectivity index (χ4v) is 3.81. The second-order valence-electron chi connectivity index (χ2n) is 7.51. The molecule has 29 heavy (non-hydrogen) atoms. The number of nitrogens with one attached hydrogen (secondary N) is 1. The molecule has 158 valence electrons. The third-order valence-corrected chi connectivity index (χ3v) is 4.92. The van der Waals surface area contributed by atoms with E-state index in [0.29, 0.717) is 29.4 Å². The van der Waals surface area contributed by atoms with Gasteiger partial charge in [0.15, 0.2) is 5.75 Å². The van der Waals surface area contributed by atoms with Crippen LogP contribution in [0.2, 0.25) is 0 Å². The lowest BCUT2D eigenvalue weighted by Gasteiger charge is -2.26. The van der Waals surface area contributed by atoms with Crippen LogP contribution in [-0.2, 0) is 4.74 Å². The highest BCUT2D eigenvalue weighted by molar-refractivity contribution is 6.19. The minimum atomic E-state index is -0.598. The average Bonchev–Trinajstić information content (AvgIpc) is 3.04. The van der Waals surface area contributed by atoms with Crippen molar-refractivity contribution in [2.24, 2.45) is 0 Å². The van der Waals surface area contributed by atoms with E-state index in [-0.39, 0.29) is 19.3 Å². The Morgan fingerprint density at radius 2 is 2.03 bits per heavy atom. The smallest absolute Gasteiger partial charge is 0.414 e. The number of halogens is 1. The second kappa shape index (κ2) is 8.49. The van der Waals surface area contributed by atoms with Gasteiger partial charge in [0.1, 0.15) is 5.60 Å². The molecule has 0 bridgehead atoms. The summed E-state index contributed by atoms with van der Waals surface area (Å²) in [6.07, 6.45) is -0.422. The summed E-state index contributed by atoms with van der Waals surface area (Å²) in [6.45, 7) is 9.92. The SMILES string of the molecule is C.CC.CC(C)(C)OC(=O)N1CC(CCl)c2c1cc1c3c(cccc23)C(=O)NO1. The molecule has 7 heteroatoms. The topological polar surface area (TPSA) is 67.9 Å². The van der Waals surface area contributed by atoms with Gasteiger partial charge in [0.25, 0.3) is 5.91 Å². The van der Waals surface area contributed by atoms with Crippen LogP contribution in [0.1, 0.15) is 63.9 Å². The third kappa shape index (κ3) is 3.99. The summed E-state index contributed by atoms with van der Waals surface area (Å²) in [5.41, 5.74) is 4.01. The molecular formula is C22H29ClN2O4. The van der Waals surface area contributed by atoms with Gasteiger partial charge in [0.2, 0.25) is 0 Å². The molecule has 2 aliphatic rings. The predicted molar refractivity (Wildman–Crippen MR) is 117 cm³/mol. The molecule has 4 rings (SSSR count). The minimum Gasteiger partial charge on any atom is -0.443 e. The van der Waals surface area contributed by atoms with Gasteiger partial charge in [-0.15, -0.1) is 11.6 Å². The number of ether oxygens (including phenoxy) is 1. The Morgan fingerprint density at radius 3 is 2.66 bits per heavy atom. The summed E-state index contributed by atoms with van der Waals surface area (Å²) in [4.78, 5) is 31.8. The van der Waals surface area contributed by atoms with E-state index in [1.54, 1.807) is 17.0 Å². The highest BCUT2D eigenvalue weighted by Crippen LogP contribution is 2.47. The van der Waals surface area contributed by atoms with Crippen LogP contribution in [0.15, 0.2) is 24.3 Å². The van der Waals surface area contributed by atoms with Gasteiger partial charge in [-0.25, -0.2) is 4.79 Å². The number of anilines is 1. The molecule has 0 aliphatic carbocycles. The van der Waals surface area contributed by atoms with Crippen molar-refractivity contribution in [3.63, 3.8) is 0 Å². The van der Waals surface area contributed by atoms with Gasteiger partial charge in [0.05, 0.1) is 11.3 Å². The van der Waals surface area contributed by atoms with Crippen LogP contribution in [0.5, 0.6) is 5.75 Å². The fourth-order valence-electron chi connectivity index (χ4n) is 3.56. The van der Waals surface area contributed by atoms with Gasteiger partial charge in [-0.1, -0.05) is 33.4 Å². The van der Waals surface area contributed by atoms with E-state index >= 15 is 0 Å². The highest BCUT2D eigenvalue weighted by atomic mass is 35.5. The Morgan fingerprint density at radius 1 is 1.34 bits per heavy atom. The summed E-state index contributed by atoms with van der Waals surface area (Å²) in [5, 5.41) is 1.62. The van der Waals surface area contributed by atoms with Crippen LogP contribution >= 0.6 is 11.6 Å². The number of amides is 2. The molecule has 1 N–H and O–H groups in total. The summed E-state index contributed by atoms with van der Waals surface area (Å²) < 4.78 is 5.55. The van der Waals surface area contributed by atoms with Gasteiger partial charge in [-0.2, -0.15) is 5.48 Å². The largest absolute Gasteiger partial charge is 0.443 e. The third-order valence-electron chi connectivity index (χ3n) is 4.55. The zero-order chi connectivity index (χ0) is 20.6. The number of rotatable bonds is 1. The van der Waals surface area contributed by atoms with E-state index < -0.39 is 11.7 Å². The van der Waals surface area contributed by atoms with Gasteiger partial charge >= 0.3 is 6.09 Å². The van der Waals surface area contributed by atoms with Crippen molar-refractivity contribution in [1.29, 1.82) is 0 Å². The van der Waals surface area contributed by atoms with Crippen molar-refractivity contribution in [2.45, 2.75) is 53.6 Å². The molecule has 2 aromatic carbocycles. The number of carbonyl (C=O) groups is 2. The molecule has 1 atom stereocenters. The normalized spacial score (nSPS) is 16.7. The molecule has 2 aromatic rings. The van der Waals surface area contributed by atoms with Crippen molar-refractivity contribution in [2.75, 3.05) is 17.3 Å². The summed E-state index contributed by atoms with van der Waals surface area (Å²) in [7, 11) is 0. The van der Waals surface area contributed by atoms with E-state index in [2.05, 4.69) is 5.48 Å². The summed E-state index contributed by atoms with van der Waals surface area (Å²) >= 11 is 6.21. The number of hydrogen-bond donors (Lipinski definition) is 1. The van der Waals surface area contributed by atoms with Crippen LogP contribution < -0.4 is 15.2 Å². The standard InChI is InChI=1S/C19H19ClN2O4.C2H6.CH4/c1-19(2,3)25-18(24)22-9-10(8-20)15-11-5-4-6-12-16(11)14(7-13(15)22)26-21-17(12)23;1-2;/h4-7,10H,8-9H2,1-3H3,(H,21,23);1-2H3;1H4. The number of carbonyl (C=O) groups excluding carboxylic acids is 2. The Bertz CT molecular complexity index is 937. The quantitative estimate of drug-likeness (QED) is 0.608. The van der Waals surface area contributed by atoms with E-state index in [0.717, 1.165) is 16.3 Å². The number of fused-ring (bicyclic) bond motifs is 2. The van der Waals surface area contributed by atoms with Gasteiger partial charge in [-0.05, 0) is 37.8 Å². The van der Waals surface area contributed by atoms with Crippen molar-refractivity contribution in [1.82, 2.24) is 5.48 Å². The number of nitrogens with zero attached hydrogens (tertiary/aromatic N) is 1. The molecule has 6 nitrogen and oxygen atoms in total. The van der Waals surface area contributed by atoms with E-state index in [1.165, 1.54) is 0 Å².